The second-order valence-electron chi connectivity index (χ2n) is 8.27. The number of phenols is 1. The van der Waals surface area contributed by atoms with Crippen molar-refractivity contribution in [1.82, 2.24) is 16.0 Å². The topological polar surface area (TPSA) is 157 Å². The molecule has 0 unspecified atom stereocenters. The number of rotatable bonds is 17. The van der Waals surface area contributed by atoms with Crippen LogP contribution < -0.4 is 21.7 Å². The Labute approximate surface area is 202 Å². The minimum Gasteiger partial charge on any atom is -0.508 e. The van der Waals surface area contributed by atoms with Crippen molar-refractivity contribution >= 4 is 24.1 Å². The number of unbranched alkanes of at least 4 members (excludes halogenated alkanes) is 4. The van der Waals surface area contributed by atoms with E-state index in [1.807, 2.05) is 0 Å². The van der Waals surface area contributed by atoms with Crippen molar-refractivity contribution in [2.24, 2.45) is 5.73 Å². The number of carbonyl (C=O) groups excluding carboxylic acids is 3. The minimum absolute atomic E-state index is 0.124. The number of allylic oxidation sites excluding steroid dienone is 1. The summed E-state index contributed by atoms with van der Waals surface area (Å²) in [5, 5.41) is 25.2. The molecule has 2 amide bonds. The van der Waals surface area contributed by atoms with Gasteiger partial charge in [-0.2, -0.15) is 0 Å². The van der Waals surface area contributed by atoms with Gasteiger partial charge in [-0.15, -0.1) is 0 Å². The number of phenolic OH excluding ortho intramolecular Hbond substituents is 1. The second kappa shape index (κ2) is 17.2. The number of guanidine groups is 1. The van der Waals surface area contributed by atoms with Crippen molar-refractivity contribution in [3.63, 3.8) is 0 Å². The van der Waals surface area contributed by atoms with Gasteiger partial charge < -0.3 is 26.8 Å². The van der Waals surface area contributed by atoms with Crippen molar-refractivity contribution in [3.8, 4) is 5.75 Å². The molecule has 0 aromatic heterocycles. The van der Waals surface area contributed by atoms with Crippen molar-refractivity contribution in [3.05, 3.63) is 42.0 Å². The Morgan fingerprint density at radius 2 is 1.79 bits per heavy atom. The summed E-state index contributed by atoms with van der Waals surface area (Å²) in [6, 6.07) is 5.29. The van der Waals surface area contributed by atoms with Crippen LogP contribution in [-0.4, -0.2) is 47.8 Å². The molecule has 0 heterocycles. The smallest absolute Gasteiger partial charge is 0.243 e. The fourth-order valence-electron chi connectivity index (χ4n) is 3.46. The maximum Gasteiger partial charge on any atom is 0.243 e. The monoisotopic (exact) mass is 473 g/mol. The second-order valence-corrected chi connectivity index (χ2v) is 8.27. The van der Waals surface area contributed by atoms with Crippen molar-refractivity contribution < 1.29 is 19.5 Å². The Bertz CT molecular complexity index is 795. The van der Waals surface area contributed by atoms with Crippen LogP contribution in [0.4, 0.5) is 0 Å². The first-order chi connectivity index (χ1) is 16.3. The molecular weight excluding hydrogens is 434 g/mol. The molecule has 9 heteroatoms. The number of aromatic hydroxyl groups is 1. The number of hydrogen-bond acceptors (Lipinski definition) is 5. The summed E-state index contributed by atoms with van der Waals surface area (Å²) < 4.78 is 0. The third-order valence-corrected chi connectivity index (χ3v) is 5.29. The predicted octanol–water partition coefficient (Wildman–Crippen LogP) is 2.28. The standard InChI is InChI=1S/C25H39N5O4/c1-2-3-4-5-6-11-23(33)30-22(18-19-12-14-21(32)15-13-19)24(34)29-20(10-8-17-31)9-7-16-28-25(26)27/h8,10,12-15,17,20,22,32H,2-7,9,11,16,18H2,1H3,(H,29,34)(H,30,33)(H4,26,27,28)/b10-8+/t20-,22-/m0/s1. The van der Waals surface area contributed by atoms with Crippen LogP contribution >= 0.6 is 0 Å². The normalized spacial score (nSPS) is 12.6. The molecule has 188 valence electrons. The van der Waals surface area contributed by atoms with Crippen molar-refractivity contribution in [2.45, 2.75) is 76.8 Å². The van der Waals surface area contributed by atoms with Gasteiger partial charge in [0.1, 0.15) is 18.1 Å². The zero-order chi connectivity index (χ0) is 25.2. The van der Waals surface area contributed by atoms with Gasteiger partial charge in [-0.3, -0.25) is 19.8 Å². The zero-order valence-corrected chi connectivity index (χ0v) is 20.0. The van der Waals surface area contributed by atoms with E-state index in [2.05, 4.69) is 22.9 Å². The first-order valence-corrected chi connectivity index (χ1v) is 11.9. The molecule has 0 aliphatic heterocycles. The third kappa shape index (κ3) is 13.2. The molecular formula is C25H39N5O4. The van der Waals surface area contributed by atoms with E-state index in [9.17, 15) is 19.5 Å². The summed E-state index contributed by atoms with van der Waals surface area (Å²) in [5.41, 5.74) is 6.08. The Kier molecular flexibility index (Phi) is 14.5. The molecule has 1 aromatic carbocycles. The maximum absolute atomic E-state index is 13.1. The number of hydrogen-bond donors (Lipinski definition) is 6. The molecule has 0 saturated carbocycles. The minimum atomic E-state index is -0.796. The van der Waals surface area contributed by atoms with E-state index >= 15 is 0 Å². The molecule has 0 fully saturated rings. The molecule has 1 aromatic rings. The molecule has 0 bridgehead atoms. The highest BCUT2D eigenvalue weighted by Crippen LogP contribution is 2.12. The van der Waals surface area contributed by atoms with E-state index < -0.39 is 12.1 Å². The van der Waals surface area contributed by atoms with Crippen LogP contribution in [0.3, 0.4) is 0 Å². The summed E-state index contributed by atoms with van der Waals surface area (Å²) in [5.74, 6) is -0.539. The van der Waals surface area contributed by atoms with Crippen LogP contribution in [0.2, 0.25) is 0 Å². The zero-order valence-electron chi connectivity index (χ0n) is 20.0. The van der Waals surface area contributed by atoms with Crippen LogP contribution in [-0.2, 0) is 20.8 Å². The van der Waals surface area contributed by atoms with Crippen LogP contribution in [0, 0.1) is 5.41 Å². The average Bonchev–Trinajstić information content (AvgIpc) is 2.80. The van der Waals surface area contributed by atoms with Gasteiger partial charge in [-0.25, -0.2) is 0 Å². The van der Waals surface area contributed by atoms with E-state index in [4.69, 9.17) is 11.1 Å². The van der Waals surface area contributed by atoms with E-state index in [1.54, 1.807) is 18.2 Å². The van der Waals surface area contributed by atoms with Gasteiger partial charge in [-0.05, 0) is 43.0 Å². The van der Waals surface area contributed by atoms with E-state index in [0.717, 1.165) is 37.7 Å². The first-order valence-electron chi connectivity index (χ1n) is 11.9. The van der Waals surface area contributed by atoms with Gasteiger partial charge in [0.2, 0.25) is 11.8 Å². The number of nitrogens with two attached hydrogens (primary N) is 1. The third-order valence-electron chi connectivity index (χ3n) is 5.29. The molecule has 9 nitrogen and oxygen atoms in total. The molecule has 0 saturated heterocycles. The molecule has 0 radical (unpaired) electrons. The quantitative estimate of drug-likeness (QED) is 0.0670. The van der Waals surface area contributed by atoms with E-state index in [1.165, 1.54) is 18.2 Å². The molecule has 7 N–H and O–H groups in total. The van der Waals surface area contributed by atoms with E-state index in [-0.39, 0.29) is 29.9 Å². The summed E-state index contributed by atoms with van der Waals surface area (Å²) in [6.07, 6.45) is 10.4. The highest BCUT2D eigenvalue weighted by atomic mass is 16.3. The van der Waals surface area contributed by atoms with Gasteiger partial charge >= 0.3 is 0 Å². The SMILES string of the molecule is CCCCCCCC(=O)N[C@@H](Cc1ccc(O)cc1)C(=O)N[C@H](/C=C/C=O)CCCNC(=N)N. The maximum atomic E-state index is 13.1. The Morgan fingerprint density at radius 1 is 1.09 bits per heavy atom. The predicted molar refractivity (Wildman–Crippen MR) is 133 cm³/mol. The largest absolute Gasteiger partial charge is 0.508 e. The Hall–Kier alpha value is -3.36. The van der Waals surface area contributed by atoms with Gasteiger partial charge in [0.15, 0.2) is 5.96 Å². The highest BCUT2D eigenvalue weighted by molar-refractivity contribution is 5.88. The number of benzene rings is 1. The van der Waals surface area contributed by atoms with Crippen molar-refractivity contribution in [2.75, 3.05) is 6.54 Å². The summed E-state index contributed by atoms with van der Waals surface area (Å²) in [4.78, 5) is 36.4. The highest BCUT2D eigenvalue weighted by Gasteiger charge is 2.23. The number of amides is 2. The van der Waals surface area contributed by atoms with Crippen LogP contribution in [0.5, 0.6) is 5.75 Å². The number of nitrogens with one attached hydrogen (secondary N) is 4. The lowest BCUT2D eigenvalue weighted by Crippen LogP contribution is -2.50. The first kappa shape index (κ1) is 28.7. The number of carbonyl (C=O) groups is 3. The van der Waals surface area contributed by atoms with Crippen molar-refractivity contribution in [1.29, 1.82) is 5.41 Å². The summed E-state index contributed by atoms with van der Waals surface area (Å²) >= 11 is 0. The van der Waals surface area contributed by atoms with Gasteiger partial charge in [-0.1, -0.05) is 50.8 Å². The number of aldehydes is 1. The Balaban J connectivity index is 2.81. The molecule has 1 rings (SSSR count). The van der Waals surface area contributed by atoms with Crippen LogP contribution in [0.25, 0.3) is 0 Å². The molecule has 0 spiro atoms. The molecule has 0 aliphatic carbocycles. The summed E-state index contributed by atoms with van der Waals surface area (Å²) in [7, 11) is 0. The summed E-state index contributed by atoms with van der Waals surface area (Å²) in [6.45, 7) is 2.60. The van der Waals surface area contributed by atoms with Crippen LogP contribution in [0.15, 0.2) is 36.4 Å². The fraction of sp³-hybridized carbons (Fsp3) is 0.520. The van der Waals surface area contributed by atoms with Crippen LogP contribution in [0.1, 0.15) is 63.9 Å². The van der Waals surface area contributed by atoms with Gasteiger partial charge in [0, 0.05) is 25.4 Å². The van der Waals surface area contributed by atoms with E-state index in [0.29, 0.717) is 32.1 Å². The fourth-order valence-corrected chi connectivity index (χ4v) is 3.46. The van der Waals surface area contributed by atoms with Gasteiger partial charge in [0.25, 0.3) is 0 Å². The molecule has 0 aliphatic rings. The Morgan fingerprint density at radius 3 is 2.44 bits per heavy atom. The molecule has 2 atom stereocenters. The lowest BCUT2D eigenvalue weighted by Gasteiger charge is -2.22. The average molecular weight is 474 g/mol. The molecule has 34 heavy (non-hydrogen) atoms. The van der Waals surface area contributed by atoms with Gasteiger partial charge in [0.05, 0.1) is 0 Å². The lowest BCUT2D eigenvalue weighted by atomic mass is 10.0. The lowest BCUT2D eigenvalue weighted by molar-refractivity contribution is -0.129.